The van der Waals surface area contributed by atoms with Crippen LogP contribution in [0.4, 0.5) is 5.69 Å². The van der Waals surface area contributed by atoms with Crippen LogP contribution in [0, 0.1) is 0 Å². The SMILES string of the molecule is O=C(Cn1nc(C(=O)N2CCCC2)c2ccccc21)Nc1ccccc1. The average molecular weight is 348 g/mol. The number of likely N-dealkylation sites (tertiary alicyclic amines) is 1. The average Bonchev–Trinajstić information content (AvgIpc) is 3.31. The minimum atomic E-state index is -0.176. The monoisotopic (exact) mass is 348 g/mol. The first-order chi connectivity index (χ1) is 12.7. The number of aromatic nitrogens is 2. The van der Waals surface area contributed by atoms with Crippen LogP contribution in [0.2, 0.25) is 0 Å². The van der Waals surface area contributed by atoms with Crippen molar-refractivity contribution in [3.63, 3.8) is 0 Å². The summed E-state index contributed by atoms with van der Waals surface area (Å²) in [5, 5.41) is 8.12. The van der Waals surface area contributed by atoms with Crippen molar-refractivity contribution >= 4 is 28.4 Å². The topological polar surface area (TPSA) is 67.2 Å². The normalized spacial score (nSPS) is 13.9. The van der Waals surface area contributed by atoms with Crippen LogP contribution in [-0.2, 0) is 11.3 Å². The largest absolute Gasteiger partial charge is 0.337 e. The van der Waals surface area contributed by atoms with Crippen LogP contribution in [-0.4, -0.2) is 39.6 Å². The van der Waals surface area contributed by atoms with Crippen molar-refractivity contribution in [2.24, 2.45) is 0 Å². The molecule has 0 spiro atoms. The molecule has 0 aliphatic carbocycles. The molecule has 0 radical (unpaired) electrons. The molecule has 132 valence electrons. The molecular weight excluding hydrogens is 328 g/mol. The number of nitrogens with zero attached hydrogens (tertiary/aromatic N) is 3. The second-order valence-corrected chi connectivity index (χ2v) is 6.44. The van der Waals surface area contributed by atoms with Crippen molar-refractivity contribution in [1.82, 2.24) is 14.7 Å². The Balaban J connectivity index is 1.61. The maximum absolute atomic E-state index is 12.8. The van der Waals surface area contributed by atoms with E-state index >= 15 is 0 Å². The zero-order chi connectivity index (χ0) is 17.9. The van der Waals surface area contributed by atoms with Crippen LogP contribution < -0.4 is 5.32 Å². The molecule has 1 N–H and O–H groups in total. The molecule has 2 heterocycles. The molecule has 1 saturated heterocycles. The third-order valence-electron chi connectivity index (χ3n) is 4.60. The van der Waals surface area contributed by atoms with Gasteiger partial charge >= 0.3 is 0 Å². The van der Waals surface area contributed by atoms with Gasteiger partial charge in [0.1, 0.15) is 6.54 Å². The lowest BCUT2D eigenvalue weighted by Gasteiger charge is -2.13. The molecule has 6 heteroatoms. The van der Waals surface area contributed by atoms with Crippen molar-refractivity contribution in [3.8, 4) is 0 Å². The maximum atomic E-state index is 12.8. The molecule has 0 atom stereocenters. The van der Waals surface area contributed by atoms with Crippen LogP contribution in [0.1, 0.15) is 23.3 Å². The van der Waals surface area contributed by atoms with E-state index in [-0.39, 0.29) is 18.4 Å². The van der Waals surface area contributed by atoms with Crippen LogP contribution in [0.3, 0.4) is 0 Å². The van der Waals surface area contributed by atoms with Crippen LogP contribution in [0.5, 0.6) is 0 Å². The number of para-hydroxylation sites is 2. The highest BCUT2D eigenvalue weighted by Crippen LogP contribution is 2.22. The molecule has 0 unspecified atom stereocenters. The highest BCUT2D eigenvalue weighted by molar-refractivity contribution is 6.05. The molecular formula is C20H20N4O2. The lowest BCUT2D eigenvalue weighted by Crippen LogP contribution is -2.28. The summed E-state index contributed by atoms with van der Waals surface area (Å²) in [4.78, 5) is 27.0. The summed E-state index contributed by atoms with van der Waals surface area (Å²) in [6, 6.07) is 16.8. The van der Waals surface area contributed by atoms with Crippen molar-refractivity contribution in [2.45, 2.75) is 19.4 Å². The fourth-order valence-electron chi connectivity index (χ4n) is 3.33. The van der Waals surface area contributed by atoms with Crippen LogP contribution in [0.15, 0.2) is 54.6 Å². The summed E-state index contributed by atoms with van der Waals surface area (Å²) in [6.07, 6.45) is 2.06. The quantitative estimate of drug-likeness (QED) is 0.788. The van der Waals surface area contributed by atoms with Crippen molar-refractivity contribution < 1.29 is 9.59 Å². The molecule has 0 saturated carbocycles. The first kappa shape index (κ1) is 16.3. The predicted molar refractivity (Wildman–Crippen MR) is 99.9 cm³/mol. The summed E-state index contributed by atoms with van der Waals surface area (Å²) in [6.45, 7) is 1.60. The number of hydrogen-bond donors (Lipinski definition) is 1. The van der Waals surface area contributed by atoms with E-state index in [1.54, 1.807) is 4.68 Å². The first-order valence-electron chi connectivity index (χ1n) is 8.82. The van der Waals surface area contributed by atoms with Gasteiger partial charge in [-0.15, -0.1) is 0 Å². The zero-order valence-electron chi connectivity index (χ0n) is 14.4. The van der Waals surface area contributed by atoms with E-state index in [0.29, 0.717) is 5.69 Å². The van der Waals surface area contributed by atoms with Gasteiger partial charge in [0.15, 0.2) is 5.69 Å². The highest BCUT2D eigenvalue weighted by Gasteiger charge is 2.25. The van der Waals surface area contributed by atoms with Crippen LogP contribution >= 0.6 is 0 Å². The molecule has 1 fully saturated rings. The number of amides is 2. The van der Waals surface area contributed by atoms with Gasteiger partial charge in [-0.1, -0.05) is 36.4 Å². The summed E-state index contributed by atoms with van der Waals surface area (Å²) in [5.74, 6) is -0.231. The molecule has 1 aliphatic rings. The predicted octanol–water partition coefficient (Wildman–Crippen LogP) is 2.91. The van der Waals surface area contributed by atoms with Gasteiger partial charge < -0.3 is 10.2 Å². The number of nitrogens with one attached hydrogen (secondary N) is 1. The molecule has 3 aromatic rings. The van der Waals surface area contributed by atoms with E-state index < -0.39 is 0 Å². The van der Waals surface area contributed by atoms with Gasteiger partial charge in [0.25, 0.3) is 5.91 Å². The Labute approximate surface area is 151 Å². The molecule has 2 aromatic carbocycles. The fraction of sp³-hybridized carbons (Fsp3) is 0.250. The first-order valence-corrected chi connectivity index (χ1v) is 8.82. The van der Waals surface area contributed by atoms with Crippen LogP contribution in [0.25, 0.3) is 10.9 Å². The van der Waals surface area contributed by atoms with Gasteiger partial charge in [-0.2, -0.15) is 5.10 Å². The molecule has 1 aliphatic heterocycles. The van der Waals surface area contributed by atoms with E-state index in [0.717, 1.165) is 42.5 Å². The Morgan fingerprint density at radius 1 is 0.962 bits per heavy atom. The number of hydrogen-bond acceptors (Lipinski definition) is 3. The van der Waals surface area contributed by atoms with E-state index in [1.165, 1.54) is 0 Å². The van der Waals surface area contributed by atoms with Gasteiger partial charge in [-0.3, -0.25) is 14.3 Å². The fourth-order valence-corrected chi connectivity index (χ4v) is 3.33. The Morgan fingerprint density at radius 2 is 1.65 bits per heavy atom. The third-order valence-corrected chi connectivity index (χ3v) is 4.60. The van der Waals surface area contributed by atoms with E-state index in [4.69, 9.17) is 0 Å². The Hall–Kier alpha value is -3.15. The Kier molecular flexibility index (Phi) is 4.39. The summed E-state index contributed by atoms with van der Waals surface area (Å²) in [5.41, 5.74) is 1.95. The molecule has 26 heavy (non-hydrogen) atoms. The van der Waals surface area contributed by atoms with Gasteiger partial charge in [0.2, 0.25) is 5.91 Å². The van der Waals surface area contributed by atoms with Gasteiger partial charge in [-0.05, 0) is 31.0 Å². The van der Waals surface area contributed by atoms with E-state index in [2.05, 4.69) is 10.4 Å². The smallest absolute Gasteiger partial charge is 0.275 e. The number of rotatable bonds is 4. The number of carbonyl (C=O) groups excluding carboxylic acids is 2. The lowest BCUT2D eigenvalue weighted by atomic mass is 10.2. The Bertz CT molecular complexity index is 943. The standard InChI is InChI=1S/C20H20N4O2/c25-18(21-15-8-2-1-3-9-15)14-24-17-11-5-4-10-16(17)19(22-24)20(26)23-12-6-7-13-23/h1-5,8-11H,6-7,12-14H2,(H,21,25). The second kappa shape index (κ2) is 7.00. The lowest BCUT2D eigenvalue weighted by molar-refractivity contribution is -0.116. The van der Waals surface area contributed by atoms with E-state index in [9.17, 15) is 9.59 Å². The summed E-state index contributed by atoms with van der Waals surface area (Å²) in [7, 11) is 0. The Morgan fingerprint density at radius 3 is 2.42 bits per heavy atom. The maximum Gasteiger partial charge on any atom is 0.275 e. The minimum absolute atomic E-state index is 0.0547. The zero-order valence-corrected chi connectivity index (χ0v) is 14.4. The van der Waals surface area contributed by atoms with Crippen molar-refractivity contribution in [3.05, 3.63) is 60.3 Å². The summed E-state index contributed by atoms with van der Waals surface area (Å²) < 4.78 is 1.61. The van der Waals surface area contributed by atoms with Crippen molar-refractivity contribution in [2.75, 3.05) is 18.4 Å². The van der Waals surface area contributed by atoms with Gasteiger partial charge in [0, 0.05) is 24.2 Å². The third kappa shape index (κ3) is 3.18. The number of benzene rings is 2. The van der Waals surface area contributed by atoms with Crippen molar-refractivity contribution in [1.29, 1.82) is 0 Å². The summed E-state index contributed by atoms with van der Waals surface area (Å²) >= 11 is 0. The molecule has 1 aromatic heterocycles. The number of fused-ring (bicyclic) bond motifs is 1. The van der Waals surface area contributed by atoms with E-state index in [1.807, 2.05) is 59.5 Å². The molecule has 4 rings (SSSR count). The minimum Gasteiger partial charge on any atom is -0.337 e. The second-order valence-electron chi connectivity index (χ2n) is 6.44. The van der Waals surface area contributed by atoms with Gasteiger partial charge in [0.05, 0.1) is 5.52 Å². The number of carbonyl (C=O) groups is 2. The van der Waals surface area contributed by atoms with Gasteiger partial charge in [-0.25, -0.2) is 0 Å². The molecule has 2 amide bonds. The molecule has 0 bridgehead atoms. The number of anilines is 1. The molecule has 6 nitrogen and oxygen atoms in total. The highest BCUT2D eigenvalue weighted by atomic mass is 16.2.